The average molecular weight is 241 g/mol. The summed E-state index contributed by atoms with van der Waals surface area (Å²) in [6.45, 7) is 6.38. The number of pyridine rings is 1. The van der Waals surface area contributed by atoms with E-state index in [4.69, 9.17) is 0 Å². The van der Waals surface area contributed by atoms with Gasteiger partial charge in [-0.25, -0.2) is 8.42 Å². The Morgan fingerprint density at radius 1 is 1.25 bits per heavy atom. The number of rotatable bonds is 3. The predicted molar refractivity (Wildman–Crippen MR) is 66.4 cm³/mol. The normalized spacial score (nSPS) is 12.8. The number of sulfone groups is 1. The highest BCUT2D eigenvalue weighted by atomic mass is 32.2. The molecule has 0 aromatic carbocycles. The lowest BCUT2D eigenvalue weighted by Gasteiger charge is -2.18. The minimum Gasteiger partial charge on any atom is -0.261 e. The maximum absolute atomic E-state index is 11.0. The summed E-state index contributed by atoms with van der Waals surface area (Å²) in [6.07, 6.45) is 3.57. The standard InChI is InChI=1S/C12H19NO2S/c1-12(2,3)10-5-6-11(13-9-10)7-8-16(4,14)15/h5-6,9H,7-8H2,1-4H3. The second-order valence-corrected chi connectivity index (χ2v) is 7.43. The third kappa shape index (κ3) is 4.31. The molecule has 1 aromatic heterocycles. The van der Waals surface area contributed by atoms with Crippen molar-refractivity contribution in [2.75, 3.05) is 12.0 Å². The second-order valence-electron chi connectivity index (χ2n) is 5.17. The van der Waals surface area contributed by atoms with Gasteiger partial charge in [-0.3, -0.25) is 4.98 Å². The van der Waals surface area contributed by atoms with E-state index in [-0.39, 0.29) is 11.2 Å². The molecule has 0 aliphatic carbocycles. The van der Waals surface area contributed by atoms with Crippen molar-refractivity contribution in [1.29, 1.82) is 0 Å². The van der Waals surface area contributed by atoms with Gasteiger partial charge in [0.15, 0.2) is 0 Å². The van der Waals surface area contributed by atoms with Gasteiger partial charge < -0.3 is 0 Å². The SMILES string of the molecule is CC(C)(C)c1ccc(CCS(C)(=O)=O)nc1. The fourth-order valence-corrected chi connectivity index (χ4v) is 1.89. The van der Waals surface area contributed by atoms with Crippen LogP contribution in [0.2, 0.25) is 0 Å². The molecule has 0 saturated heterocycles. The van der Waals surface area contributed by atoms with Crippen LogP contribution in [0.4, 0.5) is 0 Å². The molecule has 0 radical (unpaired) electrons. The quantitative estimate of drug-likeness (QED) is 0.812. The highest BCUT2D eigenvalue weighted by Crippen LogP contribution is 2.21. The van der Waals surface area contributed by atoms with E-state index < -0.39 is 9.84 Å². The highest BCUT2D eigenvalue weighted by molar-refractivity contribution is 7.90. The molecule has 16 heavy (non-hydrogen) atoms. The molecular weight excluding hydrogens is 222 g/mol. The van der Waals surface area contributed by atoms with E-state index in [1.807, 2.05) is 18.3 Å². The van der Waals surface area contributed by atoms with Crippen molar-refractivity contribution >= 4 is 9.84 Å². The maximum Gasteiger partial charge on any atom is 0.147 e. The predicted octanol–water partition coefficient (Wildman–Crippen LogP) is 1.97. The molecule has 0 unspecified atom stereocenters. The minimum absolute atomic E-state index is 0.0857. The Bertz CT molecular complexity index is 441. The Morgan fingerprint density at radius 2 is 1.88 bits per heavy atom. The lowest BCUT2D eigenvalue weighted by atomic mass is 9.88. The van der Waals surface area contributed by atoms with Crippen LogP contribution in [-0.4, -0.2) is 25.4 Å². The van der Waals surface area contributed by atoms with Gasteiger partial charge in [-0.15, -0.1) is 0 Å². The van der Waals surface area contributed by atoms with Gasteiger partial charge in [-0.1, -0.05) is 26.8 Å². The molecule has 0 saturated carbocycles. The molecule has 4 heteroatoms. The molecule has 0 aliphatic rings. The summed E-state index contributed by atoms with van der Waals surface area (Å²) in [5.41, 5.74) is 2.08. The fraction of sp³-hybridized carbons (Fsp3) is 0.583. The minimum atomic E-state index is -2.90. The van der Waals surface area contributed by atoms with Gasteiger partial charge in [-0.2, -0.15) is 0 Å². The summed E-state index contributed by atoms with van der Waals surface area (Å²) in [5, 5.41) is 0. The van der Waals surface area contributed by atoms with Gasteiger partial charge in [-0.05, 0) is 17.0 Å². The summed E-state index contributed by atoms with van der Waals surface area (Å²) in [5.74, 6) is 0.162. The zero-order valence-electron chi connectivity index (χ0n) is 10.3. The van der Waals surface area contributed by atoms with Crippen LogP contribution in [0.5, 0.6) is 0 Å². The largest absolute Gasteiger partial charge is 0.261 e. The van der Waals surface area contributed by atoms with E-state index in [9.17, 15) is 8.42 Å². The Kier molecular flexibility index (Phi) is 3.73. The molecule has 90 valence electrons. The number of hydrogen-bond donors (Lipinski definition) is 0. The van der Waals surface area contributed by atoms with Gasteiger partial charge in [0.25, 0.3) is 0 Å². The van der Waals surface area contributed by atoms with Crippen molar-refractivity contribution in [3.8, 4) is 0 Å². The van der Waals surface area contributed by atoms with Crippen molar-refractivity contribution < 1.29 is 8.42 Å². The maximum atomic E-state index is 11.0. The fourth-order valence-electron chi connectivity index (χ4n) is 1.31. The van der Waals surface area contributed by atoms with E-state index in [0.717, 1.165) is 11.3 Å². The Hall–Kier alpha value is -0.900. The van der Waals surface area contributed by atoms with E-state index in [2.05, 4.69) is 25.8 Å². The molecular formula is C12H19NO2S. The van der Waals surface area contributed by atoms with Crippen molar-refractivity contribution in [3.05, 3.63) is 29.6 Å². The lowest BCUT2D eigenvalue weighted by molar-refractivity contribution is 0.586. The van der Waals surface area contributed by atoms with E-state index in [1.165, 1.54) is 6.26 Å². The lowest BCUT2D eigenvalue weighted by Crippen LogP contribution is -2.12. The van der Waals surface area contributed by atoms with Gasteiger partial charge in [0.2, 0.25) is 0 Å². The van der Waals surface area contributed by atoms with Gasteiger partial charge in [0.05, 0.1) is 5.75 Å². The molecule has 0 bridgehead atoms. The van der Waals surface area contributed by atoms with Crippen LogP contribution in [0.1, 0.15) is 32.0 Å². The first-order valence-corrected chi connectivity index (χ1v) is 7.38. The van der Waals surface area contributed by atoms with Gasteiger partial charge in [0.1, 0.15) is 9.84 Å². The zero-order valence-corrected chi connectivity index (χ0v) is 11.1. The van der Waals surface area contributed by atoms with Gasteiger partial charge in [0, 0.05) is 24.6 Å². The van der Waals surface area contributed by atoms with Crippen molar-refractivity contribution in [2.45, 2.75) is 32.6 Å². The van der Waals surface area contributed by atoms with Crippen LogP contribution in [0.25, 0.3) is 0 Å². The number of nitrogens with zero attached hydrogens (tertiary/aromatic N) is 1. The van der Waals surface area contributed by atoms with E-state index in [1.54, 1.807) is 0 Å². The van der Waals surface area contributed by atoms with Crippen LogP contribution in [-0.2, 0) is 21.7 Å². The van der Waals surface area contributed by atoms with Crippen molar-refractivity contribution in [1.82, 2.24) is 4.98 Å². The van der Waals surface area contributed by atoms with Crippen LogP contribution < -0.4 is 0 Å². The van der Waals surface area contributed by atoms with E-state index in [0.29, 0.717) is 6.42 Å². The third-order valence-corrected chi connectivity index (χ3v) is 3.37. The molecule has 0 fully saturated rings. The topological polar surface area (TPSA) is 47.0 Å². The molecule has 0 amide bonds. The smallest absolute Gasteiger partial charge is 0.147 e. The molecule has 1 rings (SSSR count). The Balaban J connectivity index is 2.73. The number of aromatic nitrogens is 1. The monoisotopic (exact) mass is 241 g/mol. The Morgan fingerprint density at radius 3 is 2.25 bits per heavy atom. The molecule has 0 atom stereocenters. The molecule has 1 heterocycles. The van der Waals surface area contributed by atoms with Crippen molar-refractivity contribution in [3.63, 3.8) is 0 Å². The molecule has 1 aromatic rings. The zero-order chi connectivity index (χ0) is 12.4. The molecule has 0 aliphatic heterocycles. The van der Waals surface area contributed by atoms with Crippen molar-refractivity contribution in [2.24, 2.45) is 0 Å². The van der Waals surface area contributed by atoms with Crippen LogP contribution >= 0.6 is 0 Å². The molecule has 0 spiro atoms. The van der Waals surface area contributed by atoms with Crippen LogP contribution in [0, 0.1) is 0 Å². The number of hydrogen-bond acceptors (Lipinski definition) is 3. The molecule has 0 N–H and O–H groups in total. The second kappa shape index (κ2) is 4.53. The average Bonchev–Trinajstić information content (AvgIpc) is 2.13. The molecule has 3 nitrogen and oxygen atoms in total. The highest BCUT2D eigenvalue weighted by Gasteiger charge is 2.13. The summed E-state index contributed by atoms with van der Waals surface area (Å²) in [4.78, 5) is 4.28. The van der Waals surface area contributed by atoms with Gasteiger partial charge >= 0.3 is 0 Å². The Labute approximate surface area is 97.8 Å². The summed E-state index contributed by atoms with van der Waals surface area (Å²) >= 11 is 0. The first-order valence-electron chi connectivity index (χ1n) is 5.31. The third-order valence-electron chi connectivity index (χ3n) is 2.42. The first kappa shape index (κ1) is 13.2. The van der Waals surface area contributed by atoms with E-state index >= 15 is 0 Å². The summed E-state index contributed by atoms with van der Waals surface area (Å²) < 4.78 is 22.0. The summed E-state index contributed by atoms with van der Waals surface area (Å²) in [7, 11) is -2.90. The van der Waals surface area contributed by atoms with Crippen LogP contribution in [0.3, 0.4) is 0 Å². The first-order chi connectivity index (χ1) is 7.18. The van der Waals surface area contributed by atoms with Crippen LogP contribution in [0.15, 0.2) is 18.3 Å². The summed E-state index contributed by atoms with van der Waals surface area (Å²) in [6, 6.07) is 3.93. The number of aryl methyl sites for hydroxylation is 1.